The van der Waals surface area contributed by atoms with E-state index in [1.54, 1.807) is 0 Å². The number of hydrogen-bond donors (Lipinski definition) is 2. The predicted octanol–water partition coefficient (Wildman–Crippen LogP) is -0.209. The largest absolute Gasteiger partial charge is 0.356 e. The summed E-state index contributed by atoms with van der Waals surface area (Å²) in [6, 6.07) is 0. The molecule has 0 saturated carbocycles. The van der Waals surface area contributed by atoms with Crippen molar-refractivity contribution in [1.29, 1.82) is 0 Å². The number of nitrogens with one attached hydrogen (secondary N) is 1. The van der Waals surface area contributed by atoms with E-state index in [1.807, 2.05) is 0 Å². The number of unbranched alkanes of at least 4 members (excludes halogenated alkanes) is 1. The number of carbonyl (C=O) groups excluding carboxylic acids is 1. The molecule has 0 saturated heterocycles. The summed E-state index contributed by atoms with van der Waals surface area (Å²) in [5.41, 5.74) is 0. The lowest BCUT2D eigenvalue weighted by atomic mass is 10.3. The molecule has 0 bridgehead atoms. The van der Waals surface area contributed by atoms with Gasteiger partial charge in [-0.05, 0) is 12.8 Å². The van der Waals surface area contributed by atoms with Crippen molar-refractivity contribution < 1.29 is 17.8 Å². The highest BCUT2D eigenvalue weighted by Crippen LogP contribution is 1.92. The minimum Gasteiger partial charge on any atom is -0.356 e. The summed E-state index contributed by atoms with van der Waals surface area (Å²) < 4.78 is 28.7. The summed E-state index contributed by atoms with van der Waals surface area (Å²) >= 11 is 0. The van der Waals surface area contributed by atoms with Gasteiger partial charge in [0.25, 0.3) is 10.1 Å². The molecule has 12 heavy (non-hydrogen) atoms. The Hall–Kier alpha value is -0.620. The van der Waals surface area contributed by atoms with Crippen LogP contribution in [0.15, 0.2) is 0 Å². The summed E-state index contributed by atoms with van der Waals surface area (Å²) in [5, 5.41) is 2.52. The van der Waals surface area contributed by atoms with Crippen LogP contribution in [0.3, 0.4) is 0 Å². The fraction of sp³-hybridized carbons (Fsp3) is 0.833. The molecule has 0 spiro atoms. The van der Waals surface area contributed by atoms with Gasteiger partial charge in [-0.1, -0.05) is 0 Å². The van der Waals surface area contributed by atoms with E-state index >= 15 is 0 Å². The maximum atomic E-state index is 10.3. The van der Waals surface area contributed by atoms with E-state index in [2.05, 4.69) is 5.32 Å². The predicted molar refractivity (Wildman–Crippen MR) is 44.3 cm³/mol. The highest BCUT2D eigenvalue weighted by molar-refractivity contribution is 7.85. The Labute approximate surface area is 71.9 Å². The summed E-state index contributed by atoms with van der Waals surface area (Å²) in [6.07, 6.45) is 0.915. The quantitative estimate of drug-likeness (QED) is 0.469. The summed E-state index contributed by atoms with van der Waals surface area (Å²) in [5.74, 6) is -0.381. The molecule has 0 aliphatic rings. The molecule has 2 N–H and O–H groups in total. The zero-order valence-corrected chi connectivity index (χ0v) is 7.73. The molecule has 0 radical (unpaired) electrons. The van der Waals surface area contributed by atoms with Crippen molar-refractivity contribution >= 4 is 16.0 Å². The van der Waals surface area contributed by atoms with E-state index in [0.717, 1.165) is 0 Å². The van der Waals surface area contributed by atoms with Gasteiger partial charge in [-0.2, -0.15) is 8.42 Å². The molecular weight excluding hydrogens is 182 g/mol. The Morgan fingerprint density at radius 1 is 1.42 bits per heavy atom. The van der Waals surface area contributed by atoms with E-state index in [9.17, 15) is 13.2 Å². The molecule has 0 aromatic rings. The first-order valence-electron chi connectivity index (χ1n) is 3.61. The van der Waals surface area contributed by atoms with Crippen LogP contribution in [-0.4, -0.2) is 31.2 Å². The lowest BCUT2D eigenvalue weighted by molar-refractivity contribution is -0.118. The molecule has 0 aromatic heterocycles. The van der Waals surface area contributed by atoms with Crippen molar-refractivity contribution in [2.24, 2.45) is 0 Å². The van der Waals surface area contributed by atoms with Crippen molar-refractivity contribution in [2.45, 2.75) is 19.8 Å². The second-order valence-electron chi connectivity index (χ2n) is 2.48. The van der Waals surface area contributed by atoms with Crippen molar-refractivity contribution in [3.8, 4) is 0 Å². The maximum Gasteiger partial charge on any atom is 0.264 e. The van der Waals surface area contributed by atoms with E-state index in [0.29, 0.717) is 19.4 Å². The molecule has 72 valence electrons. The summed E-state index contributed by atoms with van der Waals surface area (Å²) in [6.45, 7) is 1.84. The van der Waals surface area contributed by atoms with Crippen LogP contribution in [0, 0.1) is 0 Å². The van der Waals surface area contributed by atoms with Gasteiger partial charge in [0.05, 0.1) is 5.75 Å². The Bertz CT molecular complexity index is 234. The SMILES string of the molecule is CC(=O)NCCCCS(=O)(=O)O. The zero-order valence-electron chi connectivity index (χ0n) is 6.91. The maximum absolute atomic E-state index is 10.3. The Balaban J connectivity index is 3.29. The van der Waals surface area contributed by atoms with Gasteiger partial charge in [-0.15, -0.1) is 0 Å². The fourth-order valence-electron chi connectivity index (χ4n) is 0.674. The van der Waals surface area contributed by atoms with Gasteiger partial charge in [0.1, 0.15) is 0 Å². The third kappa shape index (κ3) is 9.38. The molecule has 5 nitrogen and oxygen atoms in total. The topological polar surface area (TPSA) is 83.5 Å². The summed E-state index contributed by atoms with van der Waals surface area (Å²) in [4.78, 5) is 10.3. The molecule has 0 rings (SSSR count). The molecule has 0 atom stereocenters. The van der Waals surface area contributed by atoms with Crippen LogP contribution in [0.4, 0.5) is 0 Å². The second kappa shape index (κ2) is 5.10. The number of hydrogen-bond acceptors (Lipinski definition) is 3. The van der Waals surface area contributed by atoms with E-state index in [1.165, 1.54) is 6.92 Å². The van der Waals surface area contributed by atoms with Crippen LogP contribution >= 0.6 is 0 Å². The first-order valence-corrected chi connectivity index (χ1v) is 5.22. The highest BCUT2D eigenvalue weighted by Gasteiger charge is 2.02. The lowest BCUT2D eigenvalue weighted by Crippen LogP contribution is -2.21. The highest BCUT2D eigenvalue weighted by atomic mass is 32.2. The van der Waals surface area contributed by atoms with E-state index < -0.39 is 10.1 Å². The van der Waals surface area contributed by atoms with E-state index in [-0.39, 0.29) is 11.7 Å². The molecule has 0 aliphatic carbocycles. The van der Waals surface area contributed by atoms with E-state index in [4.69, 9.17) is 4.55 Å². The minimum atomic E-state index is -3.84. The fourth-order valence-corrected chi connectivity index (χ4v) is 1.24. The monoisotopic (exact) mass is 195 g/mol. The van der Waals surface area contributed by atoms with Gasteiger partial charge in [-0.3, -0.25) is 9.35 Å². The van der Waals surface area contributed by atoms with Crippen molar-refractivity contribution in [3.63, 3.8) is 0 Å². The molecule has 0 aliphatic heterocycles. The van der Waals surface area contributed by atoms with Crippen LogP contribution in [0.25, 0.3) is 0 Å². The average Bonchev–Trinajstić information content (AvgIpc) is 1.83. The smallest absolute Gasteiger partial charge is 0.264 e. The molecule has 0 heterocycles. The normalized spacial score (nSPS) is 11.2. The standard InChI is InChI=1S/C6H13NO4S/c1-6(8)7-4-2-3-5-12(9,10)11/h2-5H2,1H3,(H,7,8)(H,9,10,11). The minimum absolute atomic E-state index is 0.137. The van der Waals surface area contributed by atoms with Crippen LogP contribution < -0.4 is 5.32 Å². The third-order valence-corrected chi connectivity index (χ3v) is 2.01. The van der Waals surface area contributed by atoms with Crippen LogP contribution in [0.1, 0.15) is 19.8 Å². The lowest BCUT2D eigenvalue weighted by Gasteiger charge is -1.99. The Morgan fingerprint density at radius 2 is 2.00 bits per heavy atom. The Kier molecular flexibility index (Phi) is 4.84. The number of amides is 1. The van der Waals surface area contributed by atoms with Crippen LogP contribution in [0.2, 0.25) is 0 Å². The molecule has 0 aromatic carbocycles. The number of carbonyl (C=O) groups is 1. The molecule has 1 amide bonds. The van der Waals surface area contributed by atoms with Crippen molar-refractivity contribution in [1.82, 2.24) is 5.32 Å². The van der Waals surface area contributed by atoms with Gasteiger partial charge in [0.2, 0.25) is 5.91 Å². The summed E-state index contributed by atoms with van der Waals surface area (Å²) in [7, 11) is -3.84. The molecular formula is C6H13NO4S. The van der Waals surface area contributed by atoms with Gasteiger partial charge >= 0.3 is 0 Å². The van der Waals surface area contributed by atoms with Gasteiger partial charge in [0, 0.05) is 13.5 Å². The molecule has 0 unspecified atom stereocenters. The van der Waals surface area contributed by atoms with Gasteiger partial charge in [0.15, 0.2) is 0 Å². The van der Waals surface area contributed by atoms with Crippen molar-refractivity contribution in [3.05, 3.63) is 0 Å². The first kappa shape index (κ1) is 11.4. The third-order valence-electron chi connectivity index (χ3n) is 1.20. The van der Waals surface area contributed by atoms with Gasteiger partial charge in [-0.25, -0.2) is 0 Å². The Morgan fingerprint density at radius 3 is 2.42 bits per heavy atom. The zero-order chi connectivity index (χ0) is 9.61. The van der Waals surface area contributed by atoms with Gasteiger partial charge < -0.3 is 5.32 Å². The first-order chi connectivity index (χ1) is 5.42. The number of rotatable bonds is 5. The van der Waals surface area contributed by atoms with Crippen LogP contribution in [-0.2, 0) is 14.9 Å². The molecule has 6 heteroatoms. The molecule has 0 fully saturated rings. The average molecular weight is 195 g/mol. The van der Waals surface area contributed by atoms with Crippen molar-refractivity contribution in [2.75, 3.05) is 12.3 Å². The van der Waals surface area contributed by atoms with Crippen LogP contribution in [0.5, 0.6) is 0 Å². The second-order valence-corrected chi connectivity index (χ2v) is 4.05.